The van der Waals surface area contributed by atoms with Gasteiger partial charge < -0.3 is 15.2 Å². The van der Waals surface area contributed by atoms with Crippen molar-refractivity contribution >= 4 is 28.9 Å². The van der Waals surface area contributed by atoms with Crippen molar-refractivity contribution in [3.63, 3.8) is 0 Å². The minimum atomic E-state index is -0.0110. The van der Waals surface area contributed by atoms with Gasteiger partial charge in [0.1, 0.15) is 0 Å². The number of aryl methyl sites for hydroxylation is 1. The van der Waals surface area contributed by atoms with Crippen LogP contribution in [0.4, 0.5) is 11.4 Å². The molecule has 1 aromatic heterocycles. The Labute approximate surface area is 130 Å². The molecule has 0 aliphatic heterocycles. The Morgan fingerprint density at radius 1 is 1.29 bits per heavy atom. The number of hydrogen-bond acceptors (Lipinski definition) is 2. The molecule has 1 heterocycles. The lowest BCUT2D eigenvalue weighted by molar-refractivity contribution is -0.115. The number of benzene rings is 1. The fraction of sp³-hybridized carbons (Fsp3) is 0.312. The molecule has 4 nitrogen and oxygen atoms in total. The van der Waals surface area contributed by atoms with Gasteiger partial charge in [0, 0.05) is 30.5 Å². The van der Waals surface area contributed by atoms with Crippen molar-refractivity contribution in [1.29, 1.82) is 0 Å². The van der Waals surface area contributed by atoms with Gasteiger partial charge in [0.2, 0.25) is 5.91 Å². The summed E-state index contributed by atoms with van der Waals surface area (Å²) in [6.45, 7) is 5.55. The SMILES string of the molecule is CCC(=O)Nc1ccc(Cl)c(NCc2cccn2CC)c1. The van der Waals surface area contributed by atoms with E-state index >= 15 is 0 Å². The molecule has 0 aliphatic carbocycles. The minimum absolute atomic E-state index is 0.0110. The molecule has 2 aromatic rings. The normalized spacial score (nSPS) is 10.4. The summed E-state index contributed by atoms with van der Waals surface area (Å²) in [6, 6.07) is 9.55. The number of rotatable bonds is 6. The molecule has 0 unspecified atom stereocenters. The lowest BCUT2D eigenvalue weighted by Crippen LogP contribution is -2.10. The average molecular weight is 306 g/mol. The lowest BCUT2D eigenvalue weighted by atomic mass is 10.2. The van der Waals surface area contributed by atoms with Crippen LogP contribution in [0.2, 0.25) is 5.02 Å². The molecule has 0 radical (unpaired) electrons. The van der Waals surface area contributed by atoms with Gasteiger partial charge in [0.25, 0.3) is 0 Å². The van der Waals surface area contributed by atoms with E-state index < -0.39 is 0 Å². The second-order valence-corrected chi connectivity index (χ2v) is 5.14. The summed E-state index contributed by atoms with van der Waals surface area (Å²) in [5.41, 5.74) is 2.76. The molecule has 0 spiro atoms. The van der Waals surface area contributed by atoms with Crippen LogP contribution in [0.15, 0.2) is 36.5 Å². The van der Waals surface area contributed by atoms with Crippen LogP contribution in [0, 0.1) is 0 Å². The highest BCUT2D eigenvalue weighted by Gasteiger charge is 2.05. The molecule has 1 amide bonds. The number of anilines is 2. The van der Waals surface area contributed by atoms with Crippen LogP contribution in [0.1, 0.15) is 26.0 Å². The second-order valence-electron chi connectivity index (χ2n) is 4.74. The molecule has 0 atom stereocenters. The Balaban J connectivity index is 2.08. The van der Waals surface area contributed by atoms with Crippen molar-refractivity contribution in [2.75, 3.05) is 10.6 Å². The molecule has 0 aliphatic rings. The van der Waals surface area contributed by atoms with E-state index in [1.807, 2.05) is 19.1 Å². The molecule has 0 saturated carbocycles. The zero-order valence-corrected chi connectivity index (χ0v) is 13.1. The van der Waals surface area contributed by atoms with Crippen LogP contribution in [0.25, 0.3) is 0 Å². The van der Waals surface area contributed by atoms with E-state index in [4.69, 9.17) is 11.6 Å². The number of halogens is 1. The number of amides is 1. The molecule has 0 saturated heterocycles. The lowest BCUT2D eigenvalue weighted by Gasteiger charge is -2.12. The maximum Gasteiger partial charge on any atom is 0.224 e. The summed E-state index contributed by atoms with van der Waals surface area (Å²) in [5.74, 6) is -0.0110. The summed E-state index contributed by atoms with van der Waals surface area (Å²) in [6.07, 6.45) is 2.51. The molecular weight excluding hydrogens is 286 g/mol. The van der Waals surface area contributed by atoms with Crippen molar-refractivity contribution in [2.24, 2.45) is 0 Å². The highest BCUT2D eigenvalue weighted by Crippen LogP contribution is 2.26. The fourth-order valence-electron chi connectivity index (χ4n) is 2.09. The summed E-state index contributed by atoms with van der Waals surface area (Å²) in [4.78, 5) is 11.4. The summed E-state index contributed by atoms with van der Waals surface area (Å²) in [5, 5.41) is 6.79. The molecule has 21 heavy (non-hydrogen) atoms. The number of carbonyl (C=O) groups is 1. The van der Waals surface area contributed by atoms with Gasteiger partial charge in [-0.3, -0.25) is 4.79 Å². The highest BCUT2D eigenvalue weighted by molar-refractivity contribution is 6.33. The summed E-state index contributed by atoms with van der Waals surface area (Å²) >= 11 is 6.20. The third-order valence-corrected chi connectivity index (χ3v) is 3.63. The maximum absolute atomic E-state index is 11.4. The zero-order valence-electron chi connectivity index (χ0n) is 12.3. The number of aromatic nitrogens is 1. The third kappa shape index (κ3) is 4.02. The first-order valence-electron chi connectivity index (χ1n) is 7.11. The van der Waals surface area contributed by atoms with E-state index in [9.17, 15) is 4.79 Å². The summed E-state index contributed by atoms with van der Waals surface area (Å²) < 4.78 is 2.17. The predicted octanol–water partition coefficient (Wildman–Crippen LogP) is 4.12. The molecule has 0 fully saturated rings. The van der Waals surface area contributed by atoms with E-state index in [-0.39, 0.29) is 5.91 Å². The van der Waals surface area contributed by atoms with Crippen LogP contribution >= 0.6 is 11.6 Å². The van der Waals surface area contributed by atoms with Crippen LogP contribution in [-0.4, -0.2) is 10.5 Å². The van der Waals surface area contributed by atoms with Crippen LogP contribution in [0.5, 0.6) is 0 Å². The summed E-state index contributed by atoms with van der Waals surface area (Å²) in [7, 11) is 0. The Kier molecular flexibility index (Phi) is 5.28. The first kappa shape index (κ1) is 15.4. The van der Waals surface area contributed by atoms with Gasteiger partial charge in [0.15, 0.2) is 0 Å². The van der Waals surface area contributed by atoms with Gasteiger partial charge in [-0.1, -0.05) is 18.5 Å². The Morgan fingerprint density at radius 2 is 2.10 bits per heavy atom. The van der Waals surface area contributed by atoms with Gasteiger partial charge in [-0.05, 0) is 37.3 Å². The molecule has 5 heteroatoms. The van der Waals surface area contributed by atoms with E-state index in [2.05, 4.69) is 34.4 Å². The van der Waals surface area contributed by atoms with Gasteiger partial charge in [0.05, 0.1) is 17.3 Å². The van der Waals surface area contributed by atoms with Crippen molar-refractivity contribution in [3.8, 4) is 0 Å². The number of nitrogens with one attached hydrogen (secondary N) is 2. The van der Waals surface area contributed by atoms with Crippen LogP contribution in [0.3, 0.4) is 0 Å². The van der Waals surface area contributed by atoms with Crippen molar-refractivity contribution in [3.05, 3.63) is 47.2 Å². The van der Waals surface area contributed by atoms with Gasteiger partial charge >= 0.3 is 0 Å². The zero-order chi connectivity index (χ0) is 15.2. The largest absolute Gasteiger partial charge is 0.378 e. The Bertz CT molecular complexity index is 622. The van der Waals surface area contributed by atoms with Gasteiger partial charge in [-0.25, -0.2) is 0 Å². The molecule has 1 aromatic carbocycles. The van der Waals surface area contributed by atoms with Gasteiger partial charge in [-0.15, -0.1) is 0 Å². The Morgan fingerprint density at radius 3 is 2.81 bits per heavy atom. The average Bonchev–Trinajstić information content (AvgIpc) is 2.95. The molecular formula is C16H20ClN3O. The van der Waals surface area contributed by atoms with E-state index in [0.717, 1.165) is 17.9 Å². The Hall–Kier alpha value is -1.94. The van der Waals surface area contributed by atoms with Crippen molar-refractivity contribution < 1.29 is 4.79 Å². The second kappa shape index (κ2) is 7.18. The molecule has 112 valence electrons. The smallest absolute Gasteiger partial charge is 0.224 e. The highest BCUT2D eigenvalue weighted by atomic mass is 35.5. The quantitative estimate of drug-likeness (QED) is 0.843. The number of hydrogen-bond donors (Lipinski definition) is 2. The van der Waals surface area contributed by atoms with E-state index in [0.29, 0.717) is 18.0 Å². The van der Waals surface area contributed by atoms with Gasteiger partial charge in [-0.2, -0.15) is 0 Å². The standard InChI is InChI=1S/C16H20ClN3O/c1-3-16(21)19-12-7-8-14(17)15(10-12)18-11-13-6-5-9-20(13)4-2/h5-10,18H,3-4,11H2,1-2H3,(H,19,21). The van der Waals surface area contributed by atoms with Crippen LogP contribution < -0.4 is 10.6 Å². The van der Waals surface area contributed by atoms with Crippen LogP contribution in [-0.2, 0) is 17.9 Å². The van der Waals surface area contributed by atoms with Crippen molar-refractivity contribution in [2.45, 2.75) is 33.4 Å². The monoisotopic (exact) mass is 305 g/mol. The molecule has 0 bridgehead atoms. The third-order valence-electron chi connectivity index (χ3n) is 3.30. The van der Waals surface area contributed by atoms with E-state index in [1.54, 1.807) is 12.1 Å². The molecule has 2 rings (SSSR count). The first-order chi connectivity index (χ1) is 10.1. The predicted molar refractivity (Wildman–Crippen MR) is 87.8 cm³/mol. The first-order valence-corrected chi connectivity index (χ1v) is 7.49. The minimum Gasteiger partial charge on any atom is -0.378 e. The number of nitrogens with zero attached hydrogens (tertiary/aromatic N) is 1. The van der Waals surface area contributed by atoms with E-state index in [1.165, 1.54) is 5.69 Å². The number of carbonyl (C=O) groups excluding carboxylic acids is 1. The molecule has 2 N–H and O–H groups in total. The topological polar surface area (TPSA) is 46.1 Å². The van der Waals surface area contributed by atoms with Crippen molar-refractivity contribution in [1.82, 2.24) is 4.57 Å². The fourth-order valence-corrected chi connectivity index (χ4v) is 2.28. The maximum atomic E-state index is 11.4.